The van der Waals surface area contributed by atoms with Crippen LogP contribution >= 0.6 is 11.8 Å². The highest BCUT2D eigenvalue weighted by atomic mass is 32.2. The van der Waals surface area contributed by atoms with Crippen LogP contribution in [0.5, 0.6) is 0 Å². The van der Waals surface area contributed by atoms with Crippen molar-refractivity contribution in [1.82, 2.24) is 14.5 Å². The maximum atomic E-state index is 12.5. The number of aryl methyl sites for hydroxylation is 2. The zero-order chi connectivity index (χ0) is 19.8. The molecule has 0 radical (unpaired) electrons. The van der Waals surface area contributed by atoms with Crippen molar-refractivity contribution in [2.45, 2.75) is 31.2 Å². The van der Waals surface area contributed by atoms with Crippen LogP contribution in [-0.2, 0) is 19.6 Å². The van der Waals surface area contributed by atoms with Gasteiger partial charge in [0.1, 0.15) is 0 Å². The number of amides is 3. The molecule has 1 aromatic rings. The second-order valence-corrected chi connectivity index (χ2v) is 9.36. The molecule has 0 aliphatic carbocycles. The smallest absolute Gasteiger partial charge is 0.289 e. The van der Waals surface area contributed by atoms with E-state index in [0.29, 0.717) is 18.5 Å². The van der Waals surface area contributed by atoms with Crippen molar-refractivity contribution in [2.24, 2.45) is 0 Å². The van der Waals surface area contributed by atoms with Crippen LogP contribution in [-0.4, -0.2) is 66.7 Å². The fourth-order valence-corrected chi connectivity index (χ4v) is 5.32. The standard InChI is InChI=1S/C17H21N3O5S2/c1-11-3-4-12(2)14(7-11)27(24,25)18-8-15(21)19-6-5-13(9-19)20-16(22)10-26-17(20)23/h3-4,7,13,18H,5-6,8-10H2,1-2H3. The third-order valence-electron chi connectivity index (χ3n) is 4.71. The number of nitrogens with one attached hydrogen (secondary N) is 1. The first-order valence-electron chi connectivity index (χ1n) is 8.52. The van der Waals surface area contributed by atoms with E-state index in [1.54, 1.807) is 26.0 Å². The molecule has 1 atom stereocenters. The van der Waals surface area contributed by atoms with E-state index < -0.39 is 10.0 Å². The van der Waals surface area contributed by atoms with Crippen LogP contribution in [0.3, 0.4) is 0 Å². The van der Waals surface area contributed by atoms with Crippen molar-refractivity contribution in [3.63, 3.8) is 0 Å². The monoisotopic (exact) mass is 411 g/mol. The lowest BCUT2D eigenvalue weighted by molar-refractivity contribution is -0.130. The van der Waals surface area contributed by atoms with Crippen molar-refractivity contribution in [1.29, 1.82) is 0 Å². The molecule has 8 nitrogen and oxygen atoms in total. The van der Waals surface area contributed by atoms with E-state index in [2.05, 4.69) is 4.72 Å². The number of thioether (sulfide) groups is 1. The zero-order valence-corrected chi connectivity index (χ0v) is 16.7. The van der Waals surface area contributed by atoms with Crippen LogP contribution in [0, 0.1) is 13.8 Å². The highest BCUT2D eigenvalue weighted by Gasteiger charge is 2.40. The van der Waals surface area contributed by atoms with Gasteiger partial charge in [-0.1, -0.05) is 23.9 Å². The van der Waals surface area contributed by atoms with Crippen molar-refractivity contribution >= 4 is 38.8 Å². The minimum Gasteiger partial charge on any atom is -0.339 e. The number of carbonyl (C=O) groups excluding carboxylic acids is 3. The maximum absolute atomic E-state index is 12.5. The Bertz CT molecular complexity index is 884. The minimum atomic E-state index is -3.80. The second-order valence-electron chi connectivity index (χ2n) is 6.69. The average molecular weight is 412 g/mol. The van der Waals surface area contributed by atoms with E-state index in [9.17, 15) is 22.8 Å². The summed E-state index contributed by atoms with van der Waals surface area (Å²) in [5.74, 6) is -0.475. The molecule has 0 spiro atoms. The number of likely N-dealkylation sites (tertiary alicyclic amines) is 1. The summed E-state index contributed by atoms with van der Waals surface area (Å²) in [5.41, 5.74) is 1.41. The van der Waals surface area contributed by atoms with Gasteiger partial charge in [-0.2, -0.15) is 0 Å². The molecule has 0 saturated carbocycles. The number of rotatable bonds is 5. The van der Waals surface area contributed by atoms with E-state index in [1.165, 1.54) is 9.80 Å². The van der Waals surface area contributed by atoms with E-state index in [1.807, 2.05) is 6.07 Å². The minimum absolute atomic E-state index is 0.138. The lowest BCUT2D eigenvalue weighted by Gasteiger charge is -2.22. The lowest BCUT2D eigenvalue weighted by atomic mass is 10.2. The SMILES string of the molecule is Cc1ccc(C)c(S(=O)(=O)NCC(=O)N2CCC(N3C(=O)CSC3=O)C2)c1. The average Bonchev–Trinajstić information content (AvgIpc) is 3.21. The Hall–Kier alpha value is -1.91. The molecule has 1 N–H and O–H groups in total. The fraction of sp³-hybridized carbons (Fsp3) is 0.471. The molecule has 1 aromatic carbocycles. The molecule has 146 valence electrons. The first kappa shape index (κ1) is 19.8. The van der Waals surface area contributed by atoms with Crippen LogP contribution in [0.2, 0.25) is 0 Å². The number of imide groups is 1. The van der Waals surface area contributed by atoms with Gasteiger partial charge >= 0.3 is 0 Å². The summed E-state index contributed by atoms with van der Waals surface area (Å²) in [6, 6.07) is 4.78. The molecular formula is C17H21N3O5S2. The van der Waals surface area contributed by atoms with Gasteiger partial charge in [0, 0.05) is 13.1 Å². The summed E-state index contributed by atoms with van der Waals surface area (Å²) in [5, 5.41) is -0.282. The zero-order valence-electron chi connectivity index (χ0n) is 15.1. The molecule has 2 saturated heterocycles. The summed E-state index contributed by atoms with van der Waals surface area (Å²) in [7, 11) is -3.80. The molecule has 27 heavy (non-hydrogen) atoms. The fourth-order valence-electron chi connectivity index (χ4n) is 3.24. The lowest BCUT2D eigenvalue weighted by Crippen LogP contribution is -2.43. The Kier molecular flexibility index (Phi) is 5.59. The highest BCUT2D eigenvalue weighted by Crippen LogP contribution is 2.26. The summed E-state index contributed by atoms with van der Waals surface area (Å²) in [6.07, 6.45) is 0.507. The van der Waals surface area contributed by atoms with Gasteiger partial charge in [0.05, 0.1) is 23.2 Å². The third kappa shape index (κ3) is 4.17. The molecule has 0 aromatic heterocycles. The third-order valence-corrected chi connectivity index (χ3v) is 7.09. The largest absolute Gasteiger partial charge is 0.339 e. The molecule has 3 amide bonds. The molecular weight excluding hydrogens is 390 g/mol. The van der Waals surface area contributed by atoms with Gasteiger partial charge < -0.3 is 4.90 Å². The number of hydrogen-bond donors (Lipinski definition) is 1. The highest BCUT2D eigenvalue weighted by molar-refractivity contribution is 8.14. The van der Waals surface area contributed by atoms with E-state index in [4.69, 9.17) is 0 Å². The predicted octanol–water partition coefficient (Wildman–Crippen LogP) is 0.878. The van der Waals surface area contributed by atoms with Gasteiger partial charge in [-0.05, 0) is 37.5 Å². The second kappa shape index (κ2) is 7.61. The number of sulfonamides is 1. The molecule has 10 heteroatoms. The van der Waals surface area contributed by atoms with Crippen LogP contribution in [0.25, 0.3) is 0 Å². The Labute approximate surface area is 162 Å². The van der Waals surface area contributed by atoms with E-state index in [0.717, 1.165) is 17.3 Å². The summed E-state index contributed by atoms with van der Waals surface area (Å²) in [6.45, 7) is 3.76. The topological polar surface area (TPSA) is 104 Å². The predicted molar refractivity (Wildman–Crippen MR) is 101 cm³/mol. The molecule has 2 aliphatic heterocycles. The van der Waals surface area contributed by atoms with Gasteiger partial charge in [0.15, 0.2) is 0 Å². The van der Waals surface area contributed by atoms with Gasteiger partial charge in [-0.3, -0.25) is 19.3 Å². The molecule has 3 rings (SSSR count). The van der Waals surface area contributed by atoms with Gasteiger partial charge in [-0.25, -0.2) is 13.1 Å². The van der Waals surface area contributed by atoms with Gasteiger partial charge in [-0.15, -0.1) is 0 Å². The van der Waals surface area contributed by atoms with Crippen LogP contribution in [0.15, 0.2) is 23.1 Å². The van der Waals surface area contributed by atoms with Crippen molar-refractivity contribution in [3.8, 4) is 0 Å². The molecule has 0 bridgehead atoms. The first-order valence-corrected chi connectivity index (χ1v) is 11.0. The van der Waals surface area contributed by atoms with E-state index in [-0.39, 0.29) is 46.8 Å². The first-order chi connectivity index (χ1) is 12.7. The Morgan fingerprint density at radius 1 is 1.30 bits per heavy atom. The van der Waals surface area contributed by atoms with Crippen LogP contribution < -0.4 is 4.72 Å². The summed E-state index contributed by atoms with van der Waals surface area (Å²) >= 11 is 0.966. The Balaban J connectivity index is 1.60. The Morgan fingerprint density at radius 2 is 2.04 bits per heavy atom. The normalized spacial score (nSPS) is 20.6. The van der Waals surface area contributed by atoms with Crippen molar-refractivity contribution in [2.75, 3.05) is 25.4 Å². The quantitative estimate of drug-likeness (QED) is 0.771. The summed E-state index contributed by atoms with van der Waals surface area (Å²) in [4.78, 5) is 38.9. The van der Waals surface area contributed by atoms with Gasteiger partial charge in [0.2, 0.25) is 21.8 Å². The summed E-state index contributed by atoms with van der Waals surface area (Å²) < 4.78 is 27.4. The van der Waals surface area contributed by atoms with Gasteiger partial charge in [0.25, 0.3) is 5.24 Å². The van der Waals surface area contributed by atoms with Crippen molar-refractivity contribution in [3.05, 3.63) is 29.3 Å². The molecule has 2 heterocycles. The number of hydrogen-bond acceptors (Lipinski definition) is 6. The number of nitrogens with zero attached hydrogens (tertiary/aromatic N) is 2. The Morgan fingerprint density at radius 3 is 2.70 bits per heavy atom. The van der Waals surface area contributed by atoms with Crippen molar-refractivity contribution < 1.29 is 22.8 Å². The number of benzene rings is 1. The van der Waals surface area contributed by atoms with E-state index >= 15 is 0 Å². The van der Waals surface area contributed by atoms with Crippen LogP contribution in [0.4, 0.5) is 4.79 Å². The number of carbonyl (C=O) groups is 3. The molecule has 2 aliphatic rings. The maximum Gasteiger partial charge on any atom is 0.289 e. The van der Waals surface area contributed by atoms with Crippen LogP contribution in [0.1, 0.15) is 17.5 Å². The molecule has 1 unspecified atom stereocenters. The molecule has 2 fully saturated rings.